The van der Waals surface area contributed by atoms with Crippen LogP contribution in [0.5, 0.6) is 0 Å². The zero-order valence-electron chi connectivity index (χ0n) is 9.18. The molecular formula is C11H13ClIN3O. The van der Waals surface area contributed by atoms with Gasteiger partial charge in [0.05, 0.1) is 3.92 Å². The molecule has 2 aliphatic rings. The number of hydrogen-bond acceptors (Lipinski definition) is 4. The summed E-state index contributed by atoms with van der Waals surface area (Å²) >= 11 is 8.53. The minimum Gasteiger partial charge on any atom is -0.396 e. The first kappa shape index (κ1) is 11.9. The molecule has 1 atom stereocenters. The Balaban J connectivity index is 1.85. The standard InChI is InChI=1S/C11H13ClIN3O/c12-10-9-8(13)3-16(11(9)15-5-14-10)7-1-6(2-7)4-17/h5-8,17H,1-4H2/t6-,7-,8?. The van der Waals surface area contributed by atoms with Gasteiger partial charge >= 0.3 is 0 Å². The molecule has 1 aromatic heterocycles. The van der Waals surface area contributed by atoms with Crippen LogP contribution < -0.4 is 4.90 Å². The summed E-state index contributed by atoms with van der Waals surface area (Å²) < 4.78 is 0.365. The maximum Gasteiger partial charge on any atom is 0.138 e. The summed E-state index contributed by atoms with van der Waals surface area (Å²) in [7, 11) is 0. The van der Waals surface area contributed by atoms with Crippen molar-refractivity contribution >= 4 is 40.0 Å². The first-order valence-electron chi connectivity index (χ1n) is 5.72. The number of anilines is 1. The van der Waals surface area contributed by atoms with Crippen molar-refractivity contribution in [2.45, 2.75) is 22.8 Å². The summed E-state index contributed by atoms with van der Waals surface area (Å²) in [6, 6.07) is 0.511. The van der Waals surface area contributed by atoms with E-state index in [2.05, 4.69) is 37.5 Å². The average Bonchev–Trinajstić information content (AvgIpc) is 2.56. The van der Waals surface area contributed by atoms with Crippen LogP contribution >= 0.6 is 34.2 Å². The van der Waals surface area contributed by atoms with Crippen molar-refractivity contribution in [1.82, 2.24) is 9.97 Å². The van der Waals surface area contributed by atoms with Crippen molar-refractivity contribution in [2.75, 3.05) is 18.1 Å². The van der Waals surface area contributed by atoms with Gasteiger partial charge in [-0.2, -0.15) is 0 Å². The normalized spacial score (nSPS) is 31.2. The Labute approximate surface area is 119 Å². The SMILES string of the molecule is OC[C@H]1C[C@H](N2CC(I)c3c(Cl)ncnc32)C1. The van der Waals surface area contributed by atoms with E-state index in [-0.39, 0.29) is 0 Å². The second-order valence-electron chi connectivity index (χ2n) is 4.70. The van der Waals surface area contributed by atoms with Crippen LogP contribution in [0.15, 0.2) is 6.33 Å². The van der Waals surface area contributed by atoms with Crippen LogP contribution in [0.2, 0.25) is 5.15 Å². The molecule has 2 heterocycles. The highest BCUT2D eigenvalue weighted by molar-refractivity contribution is 14.1. The third-order valence-corrected chi connectivity index (χ3v) is 4.98. The molecule has 1 aromatic rings. The lowest BCUT2D eigenvalue weighted by Crippen LogP contribution is -2.45. The molecule has 0 spiro atoms. The van der Waals surface area contributed by atoms with Gasteiger partial charge in [0.15, 0.2) is 0 Å². The van der Waals surface area contributed by atoms with Crippen LogP contribution in [0, 0.1) is 5.92 Å². The highest BCUT2D eigenvalue weighted by Crippen LogP contribution is 2.46. The van der Waals surface area contributed by atoms with Crippen molar-refractivity contribution in [3.05, 3.63) is 17.0 Å². The molecule has 92 valence electrons. The smallest absolute Gasteiger partial charge is 0.138 e. The topological polar surface area (TPSA) is 49.2 Å². The maximum absolute atomic E-state index is 9.07. The van der Waals surface area contributed by atoms with Crippen LogP contribution in [0.1, 0.15) is 22.3 Å². The summed E-state index contributed by atoms with van der Waals surface area (Å²) in [4.78, 5) is 10.7. The molecule has 1 saturated carbocycles. The molecule has 1 unspecified atom stereocenters. The molecule has 1 N–H and O–H groups in total. The zero-order valence-corrected chi connectivity index (χ0v) is 12.1. The number of alkyl halides is 1. The molecule has 0 saturated heterocycles. The largest absolute Gasteiger partial charge is 0.396 e. The monoisotopic (exact) mass is 365 g/mol. The van der Waals surface area contributed by atoms with Crippen LogP contribution in [0.4, 0.5) is 5.82 Å². The van der Waals surface area contributed by atoms with Gasteiger partial charge in [0.1, 0.15) is 17.3 Å². The summed E-state index contributed by atoms with van der Waals surface area (Å²) in [5, 5.41) is 9.65. The van der Waals surface area contributed by atoms with Crippen LogP contribution in [0.3, 0.4) is 0 Å². The molecule has 0 amide bonds. The quantitative estimate of drug-likeness (QED) is 0.496. The molecule has 1 aliphatic heterocycles. The third kappa shape index (κ3) is 1.92. The van der Waals surface area contributed by atoms with Gasteiger partial charge in [-0.25, -0.2) is 9.97 Å². The molecule has 1 aliphatic carbocycles. The molecule has 0 radical (unpaired) electrons. The zero-order chi connectivity index (χ0) is 12.0. The molecule has 1 fully saturated rings. The van der Waals surface area contributed by atoms with Gasteiger partial charge in [0, 0.05) is 24.8 Å². The lowest BCUT2D eigenvalue weighted by atomic mass is 9.80. The number of hydrogen-bond donors (Lipinski definition) is 1. The molecule has 4 nitrogen and oxygen atoms in total. The lowest BCUT2D eigenvalue weighted by Gasteiger charge is -2.41. The second kappa shape index (κ2) is 4.51. The predicted octanol–water partition coefficient (Wildman–Crippen LogP) is 2.20. The van der Waals surface area contributed by atoms with Gasteiger partial charge in [-0.1, -0.05) is 34.2 Å². The summed E-state index contributed by atoms with van der Waals surface area (Å²) in [6.07, 6.45) is 3.65. The van der Waals surface area contributed by atoms with E-state index in [1.54, 1.807) is 0 Å². The number of aromatic nitrogens is 2. The highest BCUT2D eigenvalue weighted by atomic mass is 127. The number of fused-ring (bicyclic) bond motifs is 1. The average molecular weight is 366 g/mol. The van der Waals surface area contributed by atoms with E-state index in [1.165, 1.54) is 6.33 Å². The van der Waals surface area contributed by atoms with Gasteiger partial charge < -0.3 is 10.0 Å². The second-order valence-corrected chi connectivity index (χ2v) is 6.56. The Hall–Kier alpha value is -0.140. The van der Waals surface area contributed by atoms with Crippen LogP contribution in [-0.2, 0) is 0 Å². The highest BCUT2D eigenvalue weighted by Gasteiger charge is 2.40. The number of nitrogens with zero attached hydrogens (tertiary/aromatic N) is 3. The molecule has 0 aromatic carbocycles. The van der Waals surface area contributed by atoms with E-state index >= 15 is 0 Å². The maximum atomic E-state index is 9.07. The fraction of sp³-hybridized carbons (Fsp3) is 0.636. The Morgan fingerprint density at radius 2 is 2.24 bits per heavy atom. The Bertz CT molecular complexity index is 439. The van der Waals surface area contributed by atoms with Gasteiger partial charge in [0.2, 0.25) is 0 Å². The molecular weight excluding hydrogens is 352 g/mol. The van der Waals surface area contributed by atoms with Gasteiger partial charge in [0.25, 0.3) is 0 Å². The van der Waals surface area contributed by atoms with Crippen molar-refractivity contribution in [1.29, 1.82) is 0 Å². The third-order valence-electron chi connectivity index (χ3n) is 3.67. The lowest BCUT2D eigenvalue weighted by molar-refractivity contribution is 0.140. The number of aliphatic hydroxyl groups excluding tert-OH is 1. The van der Waals surface area contributed by atoms with E-state index in [0.717, 1.165) is 30.8 Å². The van der Waals surface area contributed by atoms with Crippen molar-refractivity contribution in [3.63, 3.8) is 0 Å². The fourth-order valence-corrected chi connectivity index (χ4v) is 4.08. The molecule has 17 heavy (non-hydrogen) atoms. The summed E-state index contributed by atoms with van der Waals surface area (Å²) in [5.41, 5.74) is 1.07. The number of halogens is 2. The van der Waals surface area contributed by atoms with E-state index < -0.39 is 0 Å². The van der Waals surface area contributed by atoms with Crippen molar-refractivity contribution < 1.29 is 5.11 Å². The van der Waals surface area contributed by atoms with E-state index in [9.17, 15) is 0 Å². The summed E-state index contributed by atoms with van der Waals surface area (Å²) in [6.45, 7) is 1.26. The van der Waals surface area contributed by atoms with Gasteiger partial charge in [-0.15, -0.1) is 0 Å². The molecule has 3 rings (SSSR count). The van der Waals surface area contributed by atoms with Crippen LogP contribution in [0.25, 0.3) is 0 Å². The minimum absolute atomic E-state index is 0.301. The Kier molecular flexibility index (Phi) is 3.16. The minimum atomic E-state index is 0.301. The molecule has 6 heteroatoms. The van der Waals surface area contributed by atoms with E-state index in [4.69, 9.17) is 16.7 Å². The predicted molar refractivity (Wildman–Crippen MR) is 74.7 cm³/mol. The number of aliphatic hydroxyl groups is 1. The Morgan fingerprint density at radius 1 is 1.47 bits per heavy atom. The van der Waals surface area contributed by atoms with E-state index in [1.807, 2.05) is 0 Å². The van der Waals surface area contributed by atoms with Gasteiger partial charge in [-0.3, -0.25) is 0 Å². The van der Waals surface area contributed by atoms with E-state index in [0.29, 0.717) is 27.6 Å². The first-order valence-corrected chi connectivity index (χ1v) is 7.35. The fourth-order valence-electron chi connectivity index (χ4n) is 2.64. The molecule has 0 bridgehead atoms. The first-order chi connectivity index (χ1) is 8.20. The summed E-state index contributed by atoms with van der Waals surface area (Å²) in [5.74, 6) is 1.46. The van der Waals surface area contributed by atoms with Crippen molar-refractivity contribution in [3.8, 4) is 0 Å². The Morgan fingerprint density at radius 3 is 2.94 bits per heavy atom. The van der Waals surface area contributed by atoms with Crippen molar-refractivity contribution in [2.24, 2.45) is 5.92 Å². The number of rotatable bonds is 2. The van der Waals surface area contributed by atoms with Gasteiger partial charge in [-0.05, 0) is 18.8 Å². The van der Waals surface area contributed by atoms with Crippen LogP contribution in [-0.4, -0.2) is 34.3 Å².